The Morgan fingerprint density at radius 2 is 1.92 bits per heavy atom. The molecule has 0 aliphatic carbocycles. The van der Waals surface area contributed by atoms with Crippen molar-refractivity contribution in [3.05, 3.63) is 35.9 Å². The summed E-state index contributed by atoms with van der Waals surface area (Å²) in [7, 11) is 0. The molecule has 2 heterocycles. The van der Waals surface area contributed by atoms with Gasteiger partial charge in [-0.05, 0) is 56.9 Å². The monoisotopic (exact) mass is 342 g/mol. The van der Waals surface area contributed by atoms with Crippen molar-refractivity contribution >= 4 is 23.6 Å². The summed E-state index contributed by atoms with van der Waals surface area (Å²) in [5, 5.41) is 10.2. The van der Waals surface area contributed by atoms with Gasteiger partial charge in [-0.2, -0.15) is 0 Å². The Morgan fingerprint density at radius 1 is 1.20 bits per heavy atom. The molecule has 1 aromatic carbocycles. The summed E-state index contributed by atoms with van der Waals surface area (Å²) in [5.74, 6) is 0.105. The molecule has 0 aromatic heterocycles. The molecular formula is C20H26N2O3. The zero-order valence-corrected chi connectivity index (χ0v) is 14.9. The van der Waals surface area contributed by atoms with E-state index in [-0.39, 0.29) is 17.9 Å². The van der Waals surface area contributed by atoms with E-state index in [1.165, 1.54) is 0 Å². The highest BCUT2D eigenvalue weighted by Crippen LogP contribution is 2.27. The molecule has 2 amide bonds. The van der Waals surface area contributed by atoms with Gasteiger partial charge in [-0.3, -0.25) is 9.59 Å². The van der Waals surface area contributed by atoms with Crippen LogP contribution < -0.4 is 4.90 Å². The summed E-state index contributed by atoms with van der Waals surface area (Å²) < 4.78 is 0. The molecule has 0 saturated carbocycles. The Hall–Kier alpha value is -2.14. The van der Waals surface area contributed by atoms with Gasteiger partial charge in [0.25, 0.3) is 0 Å². The molecular weight excluding hydrogens is 316 g/mol. The first-order valence-electron chi connectivity index (χ1n) is 8.98. The number of amides is 2. The van der Waals surface area contributed by atoms with Crippen LogP contribution in [0.15, 0.2) is 30.3 Å². The number of likely N-dealkylation sites (tertiary alicyclic amines) is 1. The Labute approximate surface area is 148 Å². The maximum atomic E-state index is 12.5. The number of rotatable bonds is 4. The van der Waals surface area contributed by atoms with Crippen molar-refractivity contribution in [3.63, 3.8) is 0 Å². The van der Waals surface area contributed by atoms with Crippen LogP contribution in [0.4, 0.5) is 5.69 Å². The van der Waals surface area contributed by atoms with Gasteiger partial charge in [0.1, 0.15) is 0 Å². The molecule has 2 fully saturated rings. The van der Waals surface area contributed by atoms with E-state index in [9.17, 15) is 14.7 Å². The van der Waals surface area contributed by atoms with Crippen LogP contribution in [0.1, 0.15) is 45.1 Å². The molecule has 5 nitrogen and oxygen atoms in total. The van der Waals surface area contributed by atoms with Crippen LogP contribution in [0.5, 0.6) is 0 Å². The van der Waals surface area contributed by atoms with Crippen LogP contribution in [-0.2, 0) is 9.59 Å². The van der Waals surface area contributed by atoms with E-state index in [0.29, 0.717) is 13.0 Å². The van der Waals surface area contributed by atoms with Gasteiger partial charge in [0.2, 0.25) is 11.8 Å². The van der Waals surface area contributed by atoms with Crippen molar-refractivity contribution in [2.24, 2.45) is 0 Å². The van der Waals surface area contributed by atoms with E-state index < -0.39 is 5.60 Å². The highest BCUT2D eigenvalue weighted by atomic mass is 16.3. The van der Waals surface area contributed by atoms with E-state index in [0.717, 1.165) is 37.1 Å². The highest BCUT2D eigenvalue weighted by molar-refractivity contribution is 5.95. The van der Waals surface area contributed by atoms with E-state index in [4.69, 9.17) is 0 Å². The SMILES string of the molecule is CC(C)(O)C1CCCN1C(=O)/C=C/c1ccc(N2CCCC2=O)cc1. The summed E-state index contributed by atoms with van der Waals surface area (Å²) >= 11 is 0. The number of anilines is 1. The molecule has 0 radical (unpaired) electrons. The molecule has 3 rings (SSSR count). The third-order valence-corrected chi connectivity index (χ3v) is 5.05. The average Bonchev–Trinajstić information content (AvgIpc) is 3.21. The van der Waals surface area contributed by atoms with Crippen molar-refractivity contribution in [2.45, 2.75) is 51.2 Å². The lowest BCUT2D eigenvalue weighted by Gasteiger charge is -2.33. The van der Waals surface area contributed by atoms with Gasteiger partial charge >= 0.3 is 0 Å². The summed E-state index contributed by atoms with van der Waals surface area (Å²) in [6, 6.07) is 7.55. The second kappa shape index (κ2) is 7.00. The zero-order chi connectivity index (χ0) is 18.0. The molecule has 2 saturated heterocycles. The molecule has 25 heavy (non-hydrogen) atoms. The van der Waals surface area contributed by atoms with Gasteiger partial charge < -0.3 is 14.9 Å². The van der Waals surface area contributed by atoms with Crippen molar-refractivity contribution in [3.8, 4) is 0 Å². The second-order valence-electron chi connectivity index (χ2n) is 7.42. The van der Waals surface area contributed by atoms with Crippen LogP contribution in [0.2, 0.25) is 0 Å². The maximum Gasteiger partial charge on any atom is 0.246 e. The van der Waals surface area contributed by atoms with Gasteiger partial charge in [-0.1, -0.05) is 12.1 Å². The fraction of sp³-hybridized carbons (Fsp3) is 0.500. The molecule has 2 aliphatic heterocycles. The molecule has 2 aliphatic rings. The van der Waals surface area contributed by atoms with Crippen LogP contribution in [-0.4, -0.2) is 46.6 Å². The first-order chi connectivity index (χ1) is 11.9. The molecule has 1 aromatic rings. The molecule has 1 N–H and O–H groups in total. The minimum absolute atomic E-state index is 0.0663. The molecule has 0 bridgehead atoms. The number of aliphatic hydroxyl groups is 1. The zero-order valence-electron chi connectivity index (χ0n) is 14.9. The summed E-state index contributed by atoms with van der Waals surface area (Å²) in [5.41, 5.74) is 0.944. The maximum absolute atomic E-state index is 12.5. The van der Waals surface area contributed by atoms with E-state index >= 15 is 0 Å². The van der Waals surface area contributed by atoms with Gasteiger partial charge in [-0.25, -0.2) is 0 Å². The molecule has 1 atom stereocenters. The highest BCUT2D eigenvalue weighted by Gasteiger charge is 2.37. The van der Waals surface area contributed by atoms with Crippen LogP contribution in [0.3, 0.4) is 0 Å². The molecule has 0 spiro atoms. The number of carbonyl (C=O) groups excluding carboxylic acids is 2. The van der Waals surface area contributed by atoms with Crippen LogP contribution in [0.25, 0.3) is 6.08 Å². The molecule has 5 heteroatoms. The number of nitrogens with zero attached hydrogens (tertiary/aromatic N) is 2. The summed E-state index contributed by atoms with van der Waals surface area (Å²) in [4.78, 5) is 27.8. The fourth-order valence-electron chi connectivity index (χ4n) is 3.71. The van der Waals surface area contributed by atoms with Crippen molar-refractivity contribution in [2.75, 3.05) is 18.0 Å². The minimum Gasteiger partial charge on any atom is -0.388 e. The lowest BCUT2D eigenvalue weighted by molar-refractivity contribution is -0.131. The standard InChI is InChI=1S/C20H26N2O3/c1-20(2,25)17-5-3-14-22(17)19(24)12-9-15-7-10-16(11-8-15)21-13-4-6-18(21)23/h7-12,17,25H,3-6,13-14H2,1-2H3/b12-9+. The third kappa shape index (κ3) is 3.93. The number of hydrogen-bond donors (Lipinski definition) is 1. The fourth-order valence-corrected chi connectivity index (χ4v) is 3.71. The predicted octanol–water partition coefficient (Wildman–Crippen LogP) is 2.59. The number of carbonyl (C=O) groups is 2. The Balaban J connectivity index is 1.65. The third-order valence-electron chi connectivity index (χ3n) is 5.05. The summed E-state index contributed by atoms with van der Waals surface area (Å²) in [6.45, 7) is 4.98. The Bertz CT molecular complexity index is 673. The molecule has 134 valence electrons. The van der Waals surface area contributed by atoms with Crippen molar-refractivity contribution < 1.29 is 14.7 Å². The van der Waals surface area contributed by atoms with Crippen LogP contribution >= 0.6 is 0 Å². The van der Waals surface area contributed by atoms with Gasteiger partial charge in [0.15, 0.2) is 0 Å². The first kappa shape index (κ1) is 17.7. The second-order valence-corrected chi connectivity index (χ2v) is 7.42. The lowest BCUT2D eigenvalue weighted by atomic mass is 9.96. The normalized spacial score (nSPS) is 21.6. The van der Waals surface area contributed by atoms with Crippen molar-refractivity contribution in [1.29, 1.82) is 0 Å². The average molecular weight is 342 g/mol. The van der Waals surface area contributed by atoms with Gasteiger partial charge in [0.05, 0.1) is 11.6 Å². The van der Waals surface area contributed by atoms with Gasteiger partial charge in [-0.15, -0.1) is 0 Å². The largest absolute Gasteiger partial charge is 0.388 e. The quantitative estimate of drug-likeness (QED) is 0.856. The lowest BCUT2D eigenvalue weighted by Crippen LogP contribution is -2.47. The Kier molecular flexibility index (Phi) is 4.95. The van der Waals surface area contributed by atoms with E-state index in [2.05, 4.69) is 0 Å². The topological polar surface area (TPSA) is 60.9 Å². The van der Waals surface area contributed by atoms with Crippen LogP contribution in [0, 0.1) is 0 Å². The Morgan fingerprint density at radius 3 is 2.52 bits per heavy atom. The minimum atomic E-state index is -0.885. The first-order valence-corrected chi connectivity index (χ1v) is 8.98. The predicted molar refractivity (Wildman–Crippen MR) is 98.1 cm³/mol. The van der Waals surface area contributed by atoms with Crippen molar-refractivity contribution in [1.82, 2.24) is 4.90 Å². The molecule has 1 unspecified atom stereocenters. The number of hydrogen-bond acceptors (Lipinski definition) is 3. The van der Waals surface area contributed by atoms with E-state index in [1.807, 2.05) is 24.3 Å². The number of benzene rings is 1. The summed E-state index contributed by atoms with van der Waals surface area (Å²) in [6.07, 6.45) is 6.65. The van der Waals surface area contributed by atoms with E-state index in [1.54, 1.807) is 35.8 Å². The smallest absolute Gasteiger partial charge is 0.246 e. The van der Waals surface area contributed by atoms with Gasteiger partial charge in [0, 0.05) is 31.3 Å².